The Morgan fingerprint density at radius 3 is 2.71 bits per heavy atom. The molecule has 1 fully saturated rings. The van der Waals surface area contributed by atoms with Crippen LogP contribution in [-0.4, -0.2) is 34.5 Å². The van der Waals surface area contributed by atoms with E-state index in [2.05, 4.69) is 57.6 Å². The van der Waals surface area contributed by atoms with E-state index in [-0.39, 0.29) is 0 Å². The summed E-state index contributed by atoms with van der Waals surface area (Å²) in [5.41, 5.74) is 1.33. The first-order valence-corrected chi connectivity index (χ1v) is 7.54. The third-order valence-electron chi connectivity index (χ3n) is 3.93. The maximum absolute atomic E-state index is 6.02. The topological polar surface area (TPSA) is 41.1 Å². The van der Waals surface area contributed by atoms with Gasteiger partial charge in [0.2, 0.25) is 0 Å². The molecule has 5 heteroatoms. The van der Waals surface area contributed by atoms with Gasteiger partial charge in [-0.25, -0.2) is 9.97 Å². The normalized spacial score (nSPS) is 22.4. The fraction of sp³-hybridized carbons (Fsp3) is 0.375. The maximum atomic E-state index is 6.02. The van der Waals surface area contributed by atoms with E-state index in [0.29, 0.717) is 23.1 Å². The number of benzene rings is 1. The second kappa shape index (κ2) is 6.00. The first-order valence-electron chi connectivity index (χ1n) is 7.16. The zero-order chi connectivity index (χ0) is 14.8. The summed E-state index contributed by atoms with van der Waals surface area (Å²) in [7, 11) is 2.16. The molecule has 1 aromatic heterocycles. The van der Waals surface area contributed by atoms with Crippen LogP contribution in [0, 0.1) is 6.92 Å². The summed E-state index contributed by atoms with van der Waals surface area (Å²) >= 11 is 6.02. The Morgan fingerprint density at radius 2 is 2.00 bits per heavy atom. The molecule has 0 bridgehead atoms. The van der Waals surface area contributed by atoms with Crippen LogP contribution in [0.2, 0.25) is 5.15 Å². The van der Waals surface area contributed by atoms with Crippen LogP contribution in [0.3, 0.4) is 0 Å². The van der Waals surface area contributed by atoms with E-state index in [4.69, 9.17) is 11.6 Å². The van der Waals surface area contributed by atoms with Gasteiger partial charge < -0.3 is 5.32 Å². The Balaban J connectivity index is 1.84. The number of hydrogen-bond acceptors (Lipinski definition) is 4. The molecule has 2 atom stereocenters. The molecule has 110 valence electrons. The Kier molecular flexibility index (Phi) is 4.08. The van der Waals surface area contributed by atoms with Gasteiger partial charge in [0.1, 0.15) is 16.8 Å². The number of anilines is 1. The molecule has 0 aliphatic carbocycles. The minimum Gasteiger partial charge on any atom is -0.365 e. The number of aryl methyl sites for hydroxylation is 1. The average Bonchev–Trinajstić information content (AvgIpc) is 2.79. The molecule has 1 N–H and O–H groups in total. The molecule has 0 saturated carbocycles. The molecule has 21 heavy (non-hydrogen) atoms. The average molecular weight is 303 g/mol. The van der Waals surface area contributed by atoms with Crippen molar-refractivity contribution in [2.75, 3.05) is 18.9 Å². The molecule has 2 heterocycles. The van der Waals surface area contributed by atoms with Crippen LogP contribution >= 0.6 is 11.6 Å². The van der Waals surface area contributed by atoms with Gasteiger partial charge >= 0.3 is 0 Å². The van der Waals surface area contributed by atoms with Crippen molar-refractivity contribution in [3.63, 3.8) is 0 Å². The molecule has 0 amide bonds. The third kappa shape index (κ3) is 3.17. The molecule has 4 nitrogen and oxygen atoms in total. The summed E-state index contributed by atoms with van der Waals surface area (Å²) in [6.45, 7) is 2.92. The second-order valence-electron chi connectivity index (χ2n) is 5.50. The fourth-order valence-electron chi connectivity index (χ4n) is 3.03. The highest BCUT2D eigenvalue weighted by Crippen LogP contribution is 2.32. The maximum Gasteiger partial charge on any atom is 0.134 e. The predicted molar refractivity (Wildman–Crippen MR) is 85.6 cm³/mol. The molecule has 1 aromatic carbocycles. The van der Waals surface area contributed by atoms with E-state index in [9.17, 15) is 0 Å². The molecule has 2 unspecified atom stereocenters. The second-order valence-corrected chi connectivity index (χ2v) is 5.89. The van der Waals surface area contributed by atoms with Crippen molar-refractivity contribution in [3.05, 3.63) is 52.9 Å². The number of likely N-dealkylation sites (N-methyl/N-ethyl adjacent to an activating group) is 1. The molecule has 1 aliphatic rings. The van der Waals surface area contributed by atoms with Crippen LogP contribution < -0.4 is 5.32 Å². The number of nitrogens with one attached hydrogen (secondary N) is 1. The molecule has 2 aromatic rings. The van der Waals surface area contributed by atoms with Gasteiger partial charge in [-0.1, -0.05) is 41.9 Å². The van der Waals surface area contributed by atoms with Crippen molar-refractivity contribution < 1.29 is 0 Å². The van der Waals surface area contributed by atoms with Crippen molar-refractivity contribution in [1.29, 1.82) is 0 Å². The van der Waals surface area contributed by atoms with Gasteiger partial charge in [0.15, 0.2) is 0 Å². The highest BCUT2D eigenvalue weighted by Gasteiger charge is 2.33. The first kappa shape index (κ1) is 14.3. The Labute approximate surface area is 130 Å². The van der Waals surface area contributed by atoms with Crippen molar-refractivity contribution in [3.8, 4) is 0 Å². The van der Waals surface area contributed by atoms with Gasteiger partial charge in [-0.05, 0) is 26.0 Å². The van der Waals surface area contributed by atoms with Crippen molar-refractivity contribution in [1.82, 2.24) is 14.9 Å². The lowest BCUT2D eigenvalue weighted by molar-refractivity contribution is 0.309. The summed E-state index contributed by atoms with van der Waals surface area (Å²) in [5.74, 6) is 1.49. The van der Waals surface area contributed by atoms with Crippen LogP contribution in [0.25, 0.3) is 0 Å². The van der Waals surface area contributed by atoms with Crippen molar-refractivity contribution in [2.24, 2.45) is 0 Å². The van der Waals surface area contributed by atoms with E-state index in [1.807, 2.05) is 6.92 Å². The number of nitrogens with zero attached hydrogens (tertiary/aromatic N) is 3. The van der Waals surface area contributed by atoms with E-state index < -0.39 is 0 Å². The third-order valence-corrected chi connectivity index (χ3v) is 4.12. The fourth-order valence-corrected chi connectivity index (χ4v) is 3.26. The van der Waals surface area contributed by atoms with Gasteiger partial charge in [0.25, 0.3) is 0 Å². The van der Waals surface area contributed by atoms with Gasteiger partial charge in [0, 0.05) is 18.7 Å². The number of likely N-dealkylation sites (tertiary alicyclic amines) is 1. The smallest absolute Gasteiger partial charge is 0.134 e. The Hall–Kier alpha value is -1.65. The number of halogens is 1. The van der Waals surface area contributed by atoms with Crippen LogP contribution in [0.4, 0.5) is 5.82 Å². The number of hydrogen-bond donors (Lipinski definition) is 1. The summed E-state index contributed by atoms with van der Waals surface area (Å²) in [6.07, 6.45) is 1.08. The summed E-state index contributed by atoms with van der Waals surface area (Å²) in [5, 5.41) is 4.00. The molecule has 0 radical (unpaired) electrons. The summed E-state index contributed by atoms with van der Waals surface area (Å²) in [6, 6.07) is 13.0. The number of rotatable bonds is 3. The van der Waals surface area contributed by atoms with Gasteiger partial charge in [-0.15, -0.1) is 0 Å². The van der Waals surface area contributed by atoms with Crippen LogP contribution in [-0.2, 0) is 0 Å². The Morgan fingerprint density at radius 1 is 1.24 bits per heavy atom. The van der Waals surface area contributed by atoms with Crippen LogP contribution in [0.15, 0.2) is 36.4 Å². The molecule has 0 spiro atoms. The summed E-state index contributed by atoms with van der Waals surface area (Å²) in [4.78, 5) is 10.9. The number of aromatic nitrogens is 2. The van der Waals surface area contributed by atoms with Crippen LogP contribution in [0.1, 0.15) is 23.9 Å². The standard InChI is InChI=1S/C16H19ClN4/c1-11-18-14(17)10-15(19-11)20-13-8-9-21(2)16(13)12-6-4-3-5-7-12/h3-7,10,13,16H,8-9H2,1-2H3,(H,18,19,20). The van der Waals surface area contributed by atoms with Crippen molar-refractivity contribution >= 4 is 17.4 Å². The molecule has 1 aliphatic heterocycles. The Bertz CT molecular complexity index is 597. The molecular weight excluding hydrogens is 284 g/mol. The van der Waals surface area contributed by atoms with E-state index >= 15 is 0 Å². The van der Waals surface area contributed by atoms with E-state index in [0.717, 1.165) is 18.8 Å². The lowest BCUT2D eigenvalue weighted by atomic mass is 10.0. The minimum atomic E-state index is 0.322. The monoisotopic (exact) mass is 302 g/mol. The minimum absolute atomic E-state index is 0.322. The molecule has 1 saturated heterocycles. The lowest BCUT2D eigenvalue weighted by Gasteiger charge is -2.26. The largest absolute Gasteiger partial charge is 0.365 e. The van der Waals surface area contributed by atoms with Crippen molar-refractivity contribution in [2.45, 2.75) is 25.4 Å². The zero-order valence-corrected chi connectivity index (χ0v) is 13.0. The highest BCUT2D eigenvalue weighted by atomic mass is 35.5. The summed E-state index contributed by atoms with van der Waals surface area (Å²) < 4.78 is 0. The predicted octanol–water partition coefficient (Wildman–Crippen LogP) is 3.30. The lowest BCUT2D eigenvalue weighted by Crippen LogP contribution is -2.29. The van der Waals surface area contributed by atoms with Gasteiger partial charge in [-0.3, -0.25) is 4.90 Å². The van der Waals surface area contributed by atoms with Gasteiger partial charge in [0.05, 0.1) is 6.04 Å². The molecule has 3 rings (SSSR count). The van der Waals surface area contributed by atoms with E-state index in [1.165, 1.54) is 5.56 Å². The SMILES string of the molecule is Cc1nc(Cl)cc(NC2CCN(C)C2c2ccccc2)n1. The van der Waals surface area contributed by atoms with Crippen LogP contribution in [0.5, 0.6) is 0 Å². The molecular formula is C16H19ClN4. The van der Waals surface area contributed by atoms with E-state index in [1.54, 1.807) is 6.07 Å². The highest BCUT2D eigenvalue weighted by molar-refractivity contribution is 6.29. The van der Waals surface area contributed by atoms with Gasteiger partial charge in [-0.2, -0.15) is 0 Å². The first-order chi connectivity index (χ1) is 10.1. The zero-order valence-electron chi connectivity index (χ0n) is 12.3. The quantitative estimate of drug-likeness (QED) is 0.883.